The predicted octanol–water partition coefficient (Wildman–Crippen LogP) is 2.40. The van der Waals surface area contributed by atoms with Gasteiger partial charge >= 0.3 is 12.0 Å². The number of carbonyl (C=O) groups is 2. The van der Waals surface area contributed by atoms with Crippen molar-refractivity contribution >= 4 is 18.1 Å². The minimum absolute atomic E-state index is 0.358. The topological polar surface area (TPSA) is 78.4 Å². The van der Waals surface area contributed by atoms with Crippen molar-refractivity contribution in [3.63, 3.8) is 0 Å². The Balaban J connectivity index is 1.80. The lowest BCUT2D eigenvalue weighted by Crippen LogP contribution is -2.55. The number of carboxylic acids is 1. The third kappa shape index (κ3) is 4.08. The van der Waals surface area contributed by atoms with Crippen molar-refractivity contribution < 1.29 is 14.7 Å². The van der Waals surface area contributed by atoms with Crippen molar-refractivity contribution in [2.75, 3.05) is 6.54 Å². The predicted molar refractivity (Wildman–Crippen MR) is 80.8 cm³/mol. The van der Waals surface area contributed by atoms with Crippen LogP contribution in [0.3, 0.4) is 0 Å². The third-order valence-electron chi connectivity index (χ3n) is 3.71. The Hall–Kier alpha value is -2.30. The summed E-state index contributed by atoms with van der Waals surface area (Å²) in [4.78, 5) is 23.1. The van der Waals surface area contributed by atoms with E-state index in [9.17, 15) is 14.7 Å². The van der Waals surface area contributed by atoms with Crippen molar-refractivity contribution in [2.45, 2.75) is 31.2 Å². The van der Waals surface area contributed by atoms with Gasteiger partial charge in [0.05, 0.1) is 0 Å². The maximum Gasteiger partial charge on any atom is 0.329 e. The molecule has 2 rings (SSSR count). The Morgan fingerprint density at radius 2 is 1.86 bits per heavy atom. The van der Waals surface area contributed by atoms with Gasteiger partial charge in [0, 0.05) is 6.54 Å². The molecule has 2 amide bonds. The van der Waals surface area contributed by atoms with Crippen LogP contribution in [0.15, 0.2) is 36.4 Å². The number of urea groups is 1. The van der Waals surface area contributed by atoms with Gasteiger partial charge in [-0.3, -0.25) is 0 Å². The van der Waals surface area contributed by atoms with Crippen LogP contribution in [0.1, 0.15) is 31.2 Å². The molecule has 1 aliphatic rings. The minimum Gasteiger partial charge on any atom is -0.480 e. The number of carboxylic acid groups (broad SMARTS) is 1. The lowest BCUT2D eigenvalue weighted by atomic mass is 9.98. The summed E-state index contributed by atoms with van der Waals surface area (Å²) in [6, 6.07) is 9.32. The highest BCUT2D eigenvalue weighted by Gasteiger charge is 2.42. The van der Waals surface area contributed by atoms with Gasteiger partial charge < -0.3 is 15.7 Å². The number of amides is 2. The molecule has 1 aromatic rings. The van der Waals surface area contributed by atoms with Crippen molar-refractivity contribution in [1.29, 1.82) is 0 Å². The Bertz CT molecular complexity index is 520. The van der Waals surface area contributed by atoms with Gasteiger partial charge in [0.1, 0.15) is 5.54 Å². The molecule has 1 aliphatic carbocycles. The molecule has 5 heteroatoms. The highest BCUT2D eigenvalue weighted by molar-refractivity contribution is 5.86. The number of hydrogen-bond acceptors (Lipinski definition) is 2. The summed E-state index contributed by atoms with van der Waals surface area (Å²) < 4.78 is 0. The molecule has 0 unspecified atom stereocenters. The first-order valence-corrected chi connectivity index (χ1v) is 7.13. The molecule has 0 spiro atoms. The van der Waals surface area contributed by atoms with Crippen LogP contribution in [0.2, 0.25) is 0 Å². The maximum atomic E-state index is 11.8. The first-order valence-electron chi connectivity index (χ1n) is 7.13. The zero-order chi connectivity index (χ0) is 15.1. The number of nitrogens with one attached hydrogen (secondary N) is 2. The van der Waals surface area contributed by atoms with Crippen LogP contribution in [0.5, 0.6) is 0 Å². The van der Waals surface area contributed by atoms with Crippen LogP contribution in [0, 0.1) is 0 Å². The van der Waals surface area contributed by atoms with E-state index in [1.807, 2.05) is 42.5 Å². The van der Waals surface area contributed by atoms with Gasteiger partial charge in [-0.2, -0.15) is 0 Å². The highest BCUT2D eigenvalue weighted by atomic mass is 16.4. The summed E-state index contributed by atoms with van der Waals surface area (Å²) in [5.41, 5.74) is -0.0368. The average Bonchev–Trinajstić information content (AvgIpc) is 2.94. The summed E-state index contributed by atoms with van der Waals surface area (Å²) in [7, 11) is 0. The maximum absolute atomic E-state index is 11.8. The second-order valence-electron chi connectivity index (χ2n) is 5.24. The van der Waals surface area contributed by atoms with Crippen molar-refractivity contribution in [3.8, 4) is 0 Å². The van der Waals surface area contributed by atoms with Crippen molar-refractivity contribution in [3.05, 3.63) is 42.0 Å². The van der Waals surface area contributed by atoms with Gasteiger partial charge in [0.15, 0.2) is 0 Å². The molecule has 1 aromatic carbocycles. The van der Waals surface area contributed by atoms with Crippen LogP contribution in [0.25, 0.3) is 6.08 Å². The molecule has 1 fully saturated rings. The fourth-order valence-corrected chi connectivity index (χ4v) is 2.54. The molecule has 0 radical (unpaired) electrons. The molecule has 0 aromatic heterocycles. The monoisotopic (exact) mass is 288 g/mol. The lowest BCUT2D eigenvalue weighted by Gasteiger charge is -2.25. The molecule has 5 nitrogen and oxygen atoms in total. The Morgan fingerprint density at radius 1 is 1.19 bits per heavy atom. The van der Waals surface area contributed by atoms with Crippen LogP contribution < -0.4 is 10.6 Å². The Labute approximate surface area is 124 Å². The van der Waals surface area contributed by atoms with Gasteiger partial charge in [-0.25, -0.2) is 9.59 Å². The fourth-order valence-electron chi connectivity index (χ4n) is 2.54. The second kappa shape index (κ2) is 6.92. The van der Waals surface area contributed by atoms with Gasteiger partial charge in [0.2, 0.25) is 0 Å². The minimum atomic E-state index is -1.09. The van der Waals surface area contributed by atoms with E-state index in [4.69, 9.17) is 0 Å². The molecule has 112 valence electrons. The first kappa shape index (κ1) is 15.1. The largest absolute Gasteiger partial charge is 0.480 e. The van der Waals surface area contributed by atoms with E-state index in [1.165, 1.54) is 0 Å². The Kier molecular flexibility index (Phi) is 4.98. The summed E-state index contributed by atoms with van der Waals surface area (Å²) in [6.07, 6.45) is 6.39. The van der Waals surface area contributed by atoms with E-state index in [-0.39, 0.29) is 0 Å². The summed E-state index contributed by atoms with van der Waals surface area (Å²) >= 11 is 0. The normalized spacial score (nSPS) is 16.8. The number of benzene rings is 1. The van der Waals surface area contributed by atoms with Gasteiger partial charge in [0.25, 0.3) is 0 Å². The number of rotatable bonds is 5. The Morgan fingerprint density at radius 3 is 2.48 bits per heavy atom. The van der Waals surface area contributed by atoms with E-state index in [0.717, 1.165) is 18.4 Å². The molecule has 0 atom stereocenters. The standard InChI is InChI=1S/C16H20N2O3/c19-14(20)16(10-4-5-11-16)18-15(21)17-12-6-9-13-7-2-1-3-8-13/h1-3,6-9H,4-5,10-12H2,(H,19,20)(H2,17,18,21)/b9-6+. The molecule has 0 aliphatic heterocycles. The third-order valence-corrected chi connectivity index (χ3v) is 3.71. The molecular formula is C16H20N2O3. The number of aliphatic carboxylic acids is 1. The lowest BCUT2D eigenvalue weighted by molar-refractivity contribution is -0.144. The number of hydrogen-bond donors (Lipinski definition) is 3. The van der Waals surface area contributed by atoms with E-state index in [1.54, 1.807) is 0 Å². The van der Waals surface area contributed by atoms with Crippen LogP contribution in [-0.2, 0) is 4.79 Å². The zero-order valence-electron chi connectivity index (χ0n) is 11.8. The van der Waals surface area contributed by atoms with E-state index >= 15 is 0 Å². The van der Waals surface area contributed by atoms with Crippen LogP contribution in [0.4, 0.5) is 4.79 Å². The smallest absolute Gasteiger partial charge is 0.329 e. The van der Waals surface area contributed by atoms with E-state index in [0.29, 0.717) is 19.4 Å². The molecule has 21 heavy (non-hydrogen) atoms. The van der Waals surface area contributed by atoms with Crippen molar-refractivity contribution in [1.82, 2.24) is 10.6 Å². The van der Waals surface area contributed by atoms with E-state index < -0.39 is 17.5 Å². The molecule has 3 N–H and O–H groups in total. The van der Waals surface area contributed by atoms with E-state index in [2.05, 4.69) is 10.6 Å². The summed E-state index contributed by atoms with van der Waals surface area (Å²) in [6.45, 7) is 0.358. The quantitative estimate of drug-likeness (QED) is 0.778. The second-order valence-corrected chi connectivity index (χ2v) is 5.24. The zero-order valence-corrected chi connectivity index (χ0v) is 11.8. The SMILES string of the molecule is O=C(NC/C=C/c1ccccc1)NC1(C(=O)O)CCCC1. The fraction of sp³-hybridized carbons (Fsp3) is 0.375. The van der Waals surface area contributed by atoms with Gasteiger partial charge in [-0.05, 0) is 18.4 Å². The highest BCUT2D eigenvalue weighted by Crippen LogP contribution is 2.29. The average molecular weight is 288 g/mol. The molecular weight excluding hydrogens is 268 g/mol. The summed E-state index contributed by atoms with van der Waals surface area (Å²) in [5.74, 6) is -0.949. The van der Waals surface area contributed by atoms with Crippen LogP contribution in [-0.4, -0.2) is 29.2 Å². The summed E-state index contributed by atoms with van der Waals surface area (Å²) in [5, 5.41) is 14.5. The first-order chi connectivity index (χ1) is 10.1. The van der Waals surface area contributed by atoms with Crippen molar-refractivity contribution in [2.24, 2.45) is 0 Å². The number of carbonyl (C=O) groups excluding carboxylic acids is 1. The molecule has 0 bridgehead atoms. The van der Waals surface area contributed by atoms with Gasteiger partial charge in [-0.15, -0.1) is 0 Å². The van der Waals surface area contributed by atoms with Crippen LogP contribution >= 0.6 is 0 Å². The molecule has 1 saturated carbocycles. The molecule has 0 heterocycles. The molecule has 0 saturated heterocycles. The van der Waals surface area contributed by atoms with Gasteiger partial charge in [-0.1, -0.05) is 55.3 Å².